The Morgan fingerprint density at radius 1 is 0.909 bits per heavy atom. The molecule has 3 N–H and O–H groups in total. The maximum Gasteiger partial charge on any atom is 0.269 e. The molecule has 1 fully saturated rings. The Morgan fingerprint density at radius 2 is 1.64 bits per heavy atom. The Hall–Kier alpha value is -2.82. The number of hydrogen-bond donors (Lipinski definition) is 3. The first kappa shape index (κ1) is 14.1. The van der Waals surface area contributed by atoms with Crippen molar-refractivity contribution >= 4 is 23.2 Å². The fraction of sp³-hybridized carbons (Fsp3) is 0.176. The molecule has 0 heterocycles. The molecule has 2 aromatic rings. The molecule has 0 saturated heterocycles. The maximum atomic E-state index is 12.1. The molecule has 0 atom stereocenters. The van der Waals surface area contributed by atoms with E-state index in [4.69, 9.17) is 0 Å². The van der Waals surface area contributed by atoms with Crippen LogP contribution in [0.2, 0.25) is 0 Å². The third-order valence-corrected chi connectivity index (χ3v) is 3.43. The van der Waals surface area contributed by atoms with Crippen LogP contribution < -0.4 is 16.2 Å². The van der Waals surface area contributed by atoms with E-state index in [1.807, 2.05) is 30.3 Å². The summed E-state index contributed by atoms with van der Waals surface area (Å²) in [4.78, 5) is 23.9. The third-order valence-electron chi connectivity index (χ3n) is 3.43. The van der Waals surface area contributed by atoms with Crippen molar-refractivity contribution in [1.82, 2.24) is 5.43 Å². The van der Waals surface area contributed by atoms with Gasteiger partial charge in [-0.15, -0.1) is 0 Å². The van der Waals surface area contributed by atoms with Crippen LogP contribution in [0.15, 0.2) is 54.6 Å². The van der Waals surface area contributed by atoms with Crippen LogP contribution in [-0.2, 0) is 4.79 Å². The van der Waals surface area contributed by atoms with Crippen molar-refractivity contribution in [3.63, 3.8) is 0 Å². The second-order valence-corrected chi connectivity index (χ2v) is 5.29. The van der Waals surface area contributed by atoms with E-state index < -0.39 is 0 Å². The van der Waals surface area contributed by atoms with Gasteiger partial charge < -0.3 is 5.32 Å². The normalized spacial score (nSPS) is 13.3. The Kier molecular flexibility index (Phi) is 4.05. The van der Waals surface area contributed by atoms with E-state index in [9.17, 15) is 9.59 Å². The molecule has 1 aliphatic carbocycles. The van der Waals surface area contributed by atoms with Crippen LogP contribution >= 0.6 is 0 Å². The summed E-state index contributed by atoms with van der Waals surface area (Å²) < 4.78 is 0. The molecule has 0 aliphatic heterocycles. The molecule has 1 saturated carbocycles. The van der Waals surface area contributed by atoms with Gasteiger partial charge >= 0.3 is 0 Å². The van der Waals surface area contributed by atoms with Gasteiger partial charge in [0.15, 0.2) is 0 Å². The Labute approximate surface area is 128 Å². The van der Waals surface area contributed by atoms with E-state index in [0.717, 1.165) is 18.5 Å². The SMILES string of the molecule is O=C(NNc1ccccc1)c1cccc(NC(=O)C2CC2)c1. The zero-order valence-corrected chi connectivity index (χ0v) is 12.0. The predicted molar refractivity (Wildman–Crippen MR) is 85.3 cm³/mol. The Bertz CT molecular complexity index is 681. The highest BCUT2D eigenvalue weighted by Gasteiger charge is 2.29. The first-order chi connectivity index (χ1) is 10.7. The summed E-state index contributed by atoms with van der Waals surface area (Å²) in [6.45, 7) is 0. The molecule has 2 aromatic carbocycles. The number of amides is 2. The molecule has 112 valence electrons. The van der Waals surface area contributed by atoms with E-state index in [1.54, 1.807) is 24.3 Å². The van der Waals surface area contributed by atoms with Crippen LogP contribution in [0.1, 0.15) is 23.2 Å². The molecule has 0 unspecified atom stereocenters. The minimum absolute atomic E-state index is 0.0277. The molecular weight excluding hydrogens is 278 g/mol. The van der Waals surface area contributed by atoms with Gasteiger partial charge in [0.1, 0.15) is 0 Å². The van der Waals surface area contributed by atoms with Crippen LogP contribution in [0, 0.1) is 5.92 Å². The lowest BCUT2D eigenvalue weighted by atomic mass is 10.2. The second-order valence-electron chi connectivity index (χ2n) is 5.29. The van der Waals surface area contributed by atoms with Crippen LogP contribution in [-0.4, -0.2) is 11.8 Å². The molecule has 5 nitrogen and oxygen atoms in total. The number of hydrogen-bond acceptors (Lipinski definition) is 3. The van der Waals surface area contributed by atoms with Gasteiger partial charge in [-0.3, -0.25) is 20.4 Å². The van der Waals surface area contributed by atoms with Crippen molar-refractivity contribution in [2.75, 3.05) is 10.7 Å². The fourth-order valence-corrected chi connectivity index (χ4v) is 2.05. The van der Waals surface area contributed by atoms with Crippen molar-refractivity contribution in [2.24, 2.45) is 5.92 Å². The van der Waals surface area contributed by atoms with Crippen molar-refractivity contribution < 1.29 is 9.59 Å². The minimum Gasteiger partial charge on any atom is -0.326 e. The number of carbonyl (C=O) groups excluding carboxylic acids is 2. The second kappa shape index (κ2) is 6.30. The fourth-order valence-electron chi connectivity index (χ4n) is 2.05. The van der Waals surface area contributed by atoms with Crippen LogP contribution in [0.4, 0.5) is 11.4 Å². The zero-order chi connectivity index (χ0) is 15.4. The molecular formula is C17H17N3O2. The van der Waals surface area contributed by atoms with E-state index >= 15 is 0 Å². The van der Waals surface area contributed by atoms with Crippen LogP contribution in [0.5, 0.6) is 0 Å². The molecule has 3 rings (SSSR count). The lowest BCUT2D eigenvalue weighted by Gasteiger charge is -2.10. The lowest BCUT2D eigenvalue weighted by Crippen LogP contribution is -2.29. The predicted octanol–water partition coefficient (Wildman–Crippen LogP) is 2.79. The number of nitrogens with one attached hydrogen (secondary N) is 3. The zero-order valence-electron chi connectivity index (χ0n) is 12.0. The van der Waals surface area contributed by atoms with E-state index in [-0.39, 0.29) is 17.7 Å². The quantitative estimate of drug-likeness (QED) is 0.743. The molecule has 0 aromatic heterocycles. The number of carbonyl (C=O) groups is 2. The minimum atomic E-state index is -0.258. The summed E-state index contributed by atoms with van der Waals surface area (Å²) in [5.74, 6) is -0.0939. The average molecular weight is 295 g/mol. The summed E-state index contributed by atoms with van der Waals surface area (Å²) in [6.07, 6.45) is 1.90. The number of para-hydroxylation sites is 1. The highest BCUT2D eigenvalue weighted by Crippen LogP contribution is 2.30. The molecule has 0 bridgehead atoms. The first-order valence-electron chi connectivity index (χ1n) is 7.25. The molecule has 0 spiro atoms. The summed E-state index contributed by atoms with van der Waals surface area (Å²) in [5, 5.41) is 2.83. The van der Waals surface area contributed by atoms with Gasteiger partial charge in [0, 0.05) is 17.2 Å². The van der Waals surface area contributed by atoms with Crippen LogP contribution in [0.25, 0.3) is 0 Å². The molecule has 22 heavy (non-hydrogen) atoms. The van der Waals surface area contributed by atoms with Crippen molar-refractivity contribution in [2.45, 2.75) is 12.8 Å². The standard InChI is InChI=1S/C17H17N3O2/c21-16(12-9-10-12)18-15-8-4-5-13(11-15)17(22)20-19-14-6-2-1-3-7-14/h1-8,11-12,19H,9-10H2,(H,18,21)(H,20,22). The van der Waals surface area contributed by atoms with Gasteiger partial charge in [-0.2, -0.15) is 0 Å². The Morgan fingerprint density at radius 3 is 2.36 bits per heavy atom. The van der Waals surface area contributed by atoms with Crippen molar-refractivity contribution in [3.8, 4) is 0 Å². The molecule has 0 radical (unpaired) electrons. The van der Waals surface area contributed by atoms with Crippen molar-refractivity contribution in [3.05, 3.63) is 60.2 Å². The molecule has 1 aliphatic rings. The smallest absolute Gasteiger partial charge is 0.269 e. The van der Waals surface area contributed by atoms with Gasteiger partial charge in [-0.25, -0.2) is 0 Å². The highest BCUT2D eigenvalue weighted by atomic mass is 16.2. The summed E-state index contributed by atoms with van der Waals surface area (Å²) >= 11 is 0. The van der Waals surface area contributed by atoms with Gasteiger partial charge in [0.25, 0.3) is 5.91 Å². The number of anilines is 2. The van der Waals surface area contributed by atoms with Gasteiger partial charge in [0.2, 0.25) is 5.91 Å². The molecule has 5 heteroatoms. The van der Waals surface area contributed by atoms with Crippen molar-refractivity contribution in [1.29, 1.82) is 0 Å². The van der Waals surface area contributed by atoms with E-state index in [1.165, 1.54) is 0 Å². The summed E-state index contributed by atoms with van der Waals surface area (Å²) in [7, 11) is 0. The largest absolute Gasteiger partial charge is 0.326 e. The van der Waals surface area contributed by atoms with Gasteiger partial charge in [0.05, 0.1) is 5.69 Å². The summed E-state index contributed by atoms with van der Waals surface area (Å²) in [6, 6.07) is 16.3. The highest BCUT2D eigenvalue weighted by molar-refractivity contribution is 5.98. The number of benzene rings is 2. The van der Waals surface area contributed by atoms with E-state index in [0.29, 0.717) is 11.3 Å². The maximum absolute atomic E-state index is 12.1. The van der Waals surface area contributed by atoms with Crippen LogP contribution in [0.3, 0.4) is 0 Å². The van der Waals surface area contributed by atoms with Gasteiger partial charge in [-0.05, 0) is 43.2 Å². The number of hydrazine groups is 1. The number of rotatable bonds is 5. The first-order valence-corrected chi connectivity index (χ1v) is 7.25. The lowest BCUT2D eigenvalue weighted by molar-refractivity contribution is -0.117. The van der Waals surface area contributed by atoms with E-state index in [2.05, 4.69) is 16.2 Å². The monoisotopic (exact) mass is 295 g/mol. The van der Waals surface area contributed by atoms with Gasteiger partial charge in [-0.1, -0.05) is 24.3 Å². The Balaban J connectivity index is 1.61. The molecule has 2 amide bonds. The third kappa shape index (κ3) is 3.63. The average Bonchev–Trinajstić information content (AvgIpc) is 3.39. The topological polar surface area (TPSA) is 70.2 Å². The summed E-state index contributed by atoms with van der Waals surface area (Å²) in [5.41, 5.74) is 7.40.